The molecule has 3 aromatic carbocycles. The third-order valence-electron chi connectivity index (χ3n) is 6.40. The predicted molar refractivity (Wildman–Crippen MR) is 119 cm³/mol. The van der Waals surface area contributed by atoms with Gasteiger partial charge in [-0.1, -0.05) is 85.3 Å². The zero-order valence-corrected chi connectivity index (χ0v) is 17.2. The van der Waals surface area contributed by atoms with Crippen LogP contribution in [0.25, 0.3) is 11.1 Å². The summed E-state index contributed by atoms with van der Waals surface area (Å²) in [4.78, 5) is 15.7. The van der Waals surface area contributed by atoms with Crippen molar-refractivity contribution in [3.63, 3.8) is 0 Å². The average Bonchev–Trinajstić information content (AvgIpc) is 3.12. The summed E-state index contributed by atoms with van der Waals surface area (Å²) in [5.74, 6) is -0.133. The maximum Gasteiger partial charge on any atom is 0.308 e. The number of hydrogen-bond acceptors (Lipinski definition) is 3. The Balaban J connectivity index is 1.39. The Morgan fingerprint density at radius 1 is 0.800 bits per heavy atom. The van der Waals surface area contributed by atoms with E-state index in [4.69, 9.17) is 4.74 Å². The highest BCUT2D eigenvalue weighted by molar-refractivity contribution is 5.80. The largest absolute Gasteiger partial charge is 0.452 e. The van der Waals surface area contributed by atoms with E-state index in [2.05, 4.69) is 53.4 Å². The molecule has 0 bridgehead atoms. The van der Waals surface area contributed by atoms with Gasteiger partial charge in [-0.2, -0.15) is 0 Å². The van der Waals surface area contributed by atoms with E-state index in [1.165, 1.54) is 36.0 Å². The van der Waals surface area contributed by atoms with Gasteiger partial charge in [0.15, 0.2) is 6.10 Å². The molecule has 0 amide bonds. The Morgan fingerprint density at radius 3 is 2.00 bits per heavy atom. The first kappa shape index (κ1) is 19.1. The van der Waals surface area contributed by atoms with E-state index < -0.39 is 0 Å². The van der Waals surface area contributed by atoms with E-state index in [0.717, 1.165) is 24.2 Å². The quantitative estimate of drug-likeness (QED) is 0.501. The molecule has 1 unspecified atom stereocenters. The molecule has 30 heavy (non-hydrogen) atoms. The standard InChI is InChI=1S/C27H27NO2/c29-26(19-25(20-11-3-1-4-12-20)28-17-9-2-10-18-28)30-27-23-15-7-5-13-21(23)22-14-6-8-16-24(22)27/h1,3-8,11-16,25,27H,2,9-10,17-19H2. The third-order valence-corrected chi connectivity index (χ3v) is 6.40. The molecule has 152 valence electrons. The summed E-state index contributed by atoms with van der Waals surface area (Å²) in [5.41, 5.74) is 5.70. The molecule has 2 aliphatic rings. The Morgan fingerprint density at radius 2 is 1.37 bits per heavy atom. The Bertz CT molecular complexity index is 978. The number of benzene rings is 3. The van der Waals surface area contributed by atoms with Gasteiger partial charge in [0, 0.05) is 17.2 Å². The summed E-state index contributed by atoms with van der Waals surface area (Å²) in [6, 6.07) is 27.0. The van der Waals surface area contributed by atoms with Crippen LogP contribution in [0.2, 0.25) is 0 Å². The van der Waals surface area contributed by atoms with Crippen LogP contribution in [0.3, 0.4) is 0 Å². The number of piperidine rings is 1. The fourth-order valence-corrected chi connectivity index (χ4v) is 4.94. The van der Waals surface area contributed by atoms with Gasteiger partial charge in [0.25, 0.3) is 0 Å². The number of hydrogen-bond donors (Lipinski definition) is 0. The smallest absolute Gasteiger partial charge is 0.308 e. The van der Waals surface area contributed by atoms with Crippen LogP contribution in [0, 0.1) is 0 Å². The SMILES string of the molecule is O=C(CC(c1ccccc1)N1CCCCC1)OC1c2ccccc2-c2ccccc21. The lowest BCUT2D eigenvalue weighted by Gasteiger charge is -2.34. The van der Waals surface area contributed by atoms with E-state index in [1.54, 1.807) is 0 Å². The zero-order valence-electron chi connectivity index (χ0n) is 17.2. The van der Waals surface area contributed by atoms with Crippen molar-refractivity contribution in [2.45, 2.75) is 37.8 Å². The maximum atomic E-state index is 13.2. The zero-order chi connectivity index (χ0) is 20.3. The number of likely N-dealkylation sites (tertiary alicyclic amines) is 1. The molecular weight excluding hydrogens is 370 g/mol. The summed E-state index contributed by atoms with van der Waals surface area (Å²) >= 11 is 0. The number of ether oxygens (including phenoxy) is 1. The van der Waals surface area contributed by atoms with Crippen molar-refractivity contribution in [2.75, 3.05) is 13.1 Å². The first-order chi connectivity index (χ1) is 14.8. The number of fused-ring (bicyclic) bond motifs is 3. The molecule has 1 aliphatic carbocycles. The van der Waals surface area contributed by atoms with Gasteiger partial charge >= 0.3 is 5.97 Å². The van der Waals surface area contributed by atoms with Crippen LogP contribution in [-0.4, -0.2) is 24.0 Å². The molecule has 1 atom stereocenters. The van der Waals surface area contributed by atoms with Crippen LogP contribution in [0.5, 0.6) is 0 Å². The molecule has 0 saturated carbocycles. The summed E-state index contributed by atoms with van der Waals surface area (Å²) in [5, 5.41) is 0. The van der Waals surface area contributed by atoms with Gasteiger partial charge in [0.2, 0.25) is 0 Å². The van der Waals surface area contributed by atoms with Crippen LogP contribution in [0.4, 0.5) is 0 Å². The molecule has 0 N–H and O–H groups in total. The molecule has 5 rings (SSSR count). The van der Waals surface area contributed by atoms with Gasteiger partial charge in [-0.25, -0.2) is 0 Å². The number of nitrogens with zero attached hydrogens (tertiary/aromatic N) is 1. The normalized spacial score (nSPS) is 17.2. The van der Waals surface area contributed by atoms with Crippen LogP contribution >= 0.6 is 0 Å². The molecule has 3 nitrogen and oxygen atoms in total. The first-order valence-corrected chi connectivity index (χ1v) is 11.0. The van der Waals surface area contributed by atoms with Gasteiger partial charge in [0.1, 0.15) is 0 Å². The predicted octanol–water partition coefficient (Wildman–Crippen LogP) is 5.92. The van der Waals surface area contributed by atoms with Gasteiger partial charge < -0.3 is 4.74 Å². The minimum Gasteiger partial charge on any atom is -0.452 e. The van der Waals surface area contributed by atoms with Crippen molar-refractivity contribution in [1.29, 1.82) is 0 Å². The molecular formula is C27H27NO2. The highest BCUT2D eigenvalue weighted by atomic mass is 16.5. The lowest BCUT2D eigenvalue weighted by atomic mass is 9.99. The Labute approximate surface area is 178 Å². The van der Waals surface area contributed by atoms with Gasteiger partial charge in [0.05, 0.1) is 6.42 Å². The summed E-state index contributed by atoms with van der Waals surface area (Å²) in [6.07, 6.45) is 3.73. The Kier molecular flexibility index (Phi) is 5.37. The second-order valence-corrected chi connectivity index (χ2v) is 8.27. The highest BCUT2D eigenvalue weighted by Gasteiger charge is 2.32. The molecule has 3 aromatic rings. The molecule has 1 saturated heterocycles. The van der Waals surface area contributed by atoms with Crippen molar-refractivity contribution >= 4 is 5.97 Å². The first-order valence-electron chi connectivity index (χ1n) is 11.0. The van der Waals surface area contributed by atoms with Crippen LogP contribution in [0.1, 0.15) is 54.5 Å². The van der Waals surface area contributed by atoms with Crippen molar-refractivity contribution in [1.82, 2.24) is 4.90 Å². The second kappa shape index (κ2) is 8.45. The molecule has 1 aliphatic heterocycles. The maximum absolute atomic E-state index is 13.2. The average molecular weight is 398 g/mol. The fourth-order valence-electron chi connectivity index (χ4n) is 4.94. The van der Waals surface area contributed by atoms with E-state index in [0.29, 0.717) is 6.42 Å². The molecule has 1 fully saturated rings. The summed E-state index contributed by atoms with van der Waals surface area (Å²) < 4.78 is 6.14. The van der Waals surface area contributed by atoms with Gasteiger partial charge in [-0.05, 0) is 42.6 Å². The van der Waals surface area contributed by atoms with E-state index >= 15 is 0 Å². The summed E-state index contributed by atoms with van der Waals surface area (Å²) in [7, 11) is 0. The Hall–Kier alpha value is -2.91. The van der Waals surface area contributed by atoms with E-state index in [1.807, 2.05) is 30.3 Å². The number of carbonyl (C=O) groups is 1. The highest BCUT2D eigenvalue weighted by Crippen LogP contribution is 2.45. The topological polar surface area (TPSA) is 29.5 Å². The molecule has 1 heterocycles. The van der Waals surface area contributed by atoms with Crippen LogP contribution in [0.15, 0.2) is 78.9 Å². The van der Waals surface area contributed by atoms with E-state index in [-0.39, 0.29) is 18.1 Å². The molecule has 3 heteroatoms. The van der Waals surface area contributed by atoms with Crippen molar-refractivity contribution < 1.29 is 9.53 Å². The molecule has 0 spiro atoms. The minimum absolute atomic E-state index is 0.0749. The number of esters is 1. The van der Waals surface area contributed by atoms with Gasteiger partial charge in [-0.3, -0.25) is 9.69 Å². The summed E-state index contributed by atoms with van der Waals surface area (Å²) in [6.45, 7) is 2.09. The van der Waals surface area contributed by atoms with Gasteiger partial charge in [-0.15, -0.1) is 0 Å². The number of carbonyl (C=O) groups excluding carboxylic acids is 1. The molecule has 0 radical (unpaired) electrons. The molecule has 0 aromatic heterocycles. The number of rotatable bonds is 5. The monoisotopic (exact) mass is 397 g/mol. The second-order valence-electron chi connectivity index (χ2n) is 8.27. The third kappa shape index (κ3) is 3.66. The van der Waals surface area contributed by atoms with Crippen LogP contribution in [-0.2, 0) is 9.53 Å². The van der Waals surface area contributed by atoms with Crippen LogP contribution < -0.4 is 0 Å². The minimum atomic E-state index is -0.317. The van der Waals surface area contributed by atoms with E-state index in [9.17, 15) is 4.79 Å². The fraction of sp³-hybridized carbons (Fsp3) is 0.296. The van der Waals surface area contributed by atoms with Crippen molar-refractivity contribution in [2.24, 2.45) is 0 Å². The lowest BCUT2D eigenvalue weighted by molar-refractivity contribution is -0.149. The van der Waals surface area contributed by atoms with Crippen molar-refractivity contribution in [3.8, 4) is 11.1 Å². The lowest BCUT2D eigenvalue weighted by Crippen LogP contribution is -2.35. The van der Waals surface area contributed by atoms with Crippen molar-refractivity contribution in [3.05, 3.63) is 95.6 Å².